The van der Waals surface area contributed by atoms with Gasteiger partial charge in [-0.15, -0.1) is 0 Å². The Bertz CT molecular complexity index is 653. The monoisotopic (exact) mass is 522 g/mol. The van der Waals surface area contributed by atoms with Gasteiger partial charge in [-0.2, -0.15) is 0 Å². The van der Waals surface area contributed by atoms with Gasteiger partial charge in [0.25, 0.3) is 5.91 Å². The van der Waals surface area contributed by atoms with Crippen LogP contribution in [0, 0.1) is 0 Å². The van der Waals surface area contributed by atoms with Crippen molar-refractivity contribution in [2.45, 2.75) is 45.1 Å². The van der Waals surface area contributed by atoms with Crippen LogP contribution in [0.3, 0.4) is 0 Å². The Kier molecular flexibility index (Phi) is 10.1. The molecule has 29 heavy (non-hydrogen) atoms. The van der Waals surface area contributed by atoms with Gasteiger partial charge in [0.1, 0.15) is 0 Å². The lowest BCUT2D eigenvalue weighted by Gasteiger charge is -2.44. The molecular weight excluding hydrogens is 487 g/mol. The van der Waals surface area contributed by atoms with Gasteiger partial charge in [-0.3, -0.25) is 9.69 Å². The van der Waals surface area contributed by atoms with Gasteiger partial charge in [0, 0.05) is 38.5 Å². The maximum absolute atomic E-state index is 13.0. The molecule has 0 spiro atoms. The highest BCUT2D eigenvalue weighted by atomic mass is 127. The van der Waals surface area contributed by atoms with Crippen molar-refractivity contribution >= 4 is 30.3 Å². The maximum atomic E-state index is 13.0. The summed E-state index contributed by atoms with van der Waals surface area (Å²) in [6, 6.07) is 0. The van der Waals surface area contributed by atoms with Crippen molar-refractivity contribution < 1.29 is 23.7 Å². The zero-order valence-corrected chi connectivity index (χ0v) is 20.5. The highest BCUT2D eigenvalue weighted by Gasteiger charge is 2.36. The third-order valence-electron chi connectivity index (χ3n) is 5.49. The van der Waals surface area contributed by atoms with E-state index >= 15 is 0 Å². The van der Waals surface area contributed by atoms with Crippen LogP contribution in [-0.4, -0.2) is 74.2 Å². The van der Waals surface area contributed by atoms with Crippen molar-refractivity contribution in [3.63, 3.8) is 0 Å². The summed E-state index contributed by atoms with van der Waals surface area (Å²) in [7, 11) is 5.33. The molecule has 8 heteroatoms. The Hall–Kier alpha value is -0.970. The van der Waals surface area contributed by atoms with Crippen LogP contribution in [0.1, 0.15) is 39.5 Å². The topological polar surface area (TPSA) is 69.3 Å². The molecule has 1 amide bonds. The van der Waals surface area contributed by atoms with Crippen LogP contribution >= 0.6 is 20.7 Å². The van der Waals surface area contributed by atoms with Crippen molar-refractivity contribution in [2.24, 2.45) is 0 Å². The average molecular weight is 522 g/mol. The molecule has 1 fully saturated rings. The van der Waals surface area contributed by atoms with Crippen molar-refractivity contribution in [1.82, 2.24) is 10.2 Å². The first-order chi connectivity index (χ1) is 14.0. The molecule has 2 aliphatic rings. The Morgan fingerprint density at radius 2 is 2.00 bits per heavy atom. The highest BCUT2D eigenvalue weighted by Crippen LogP contribution is 2.31. The molecule has 0 aliphatic carbocycles. The zero-order chi connectivity index (χ0) is 21.3. The third-order valence-corrected chi connectivity index (χ3v) is 8.30. The minimum absolute atomic E-state index is 0.0510. The number of nitrogens with zero attached hydrogens (tertiary/aromatic N) is 1. The van der Waals surface area contributed by atoms with Gasteiger partial charge in [0.15, 0.2) is 15.2 Å². The molecule has 0 bridgehead atoms. The SMILES string of the molecule is CCCCOC1=C(OC)C=C(C(=O)NCC2(N(C)CC)CCOCC2)I=C1OC. The molecule has 0 unspecified atom stereocenters. The van der Waals surface area contributed by atoms with Crippen LogP contribution in [0.4, 0.5) is 0 Å². The van der Waals surface area contributed by atoms with Gasteiger partial charge in [-0.1, -0.05) is 20.3 Å². The van der Waals surface area contributed by atoms with E-state index in [1.165, 1.54) is 0 Å². The average Bonchev–Trinajstić information content (AvgIpc) is 2.77. The first kappa shape index (κ1) is 24.3. The number of methoxy groups -OCH3 is 2. The molecule has 0 saturated carbocycles. The van der Waals surface area contributed by atoms with Gasteiger partial charge >= 0.3 is 0 Å². The molecule has 166 valence electrons. The summed E-state index contributed by atoms with van der Waals surface area (Å²) in [5.74, 6) is 1.14. The second-order valence-electron chi connectivity index (χ2n) is 7.20. The Morgan fingerprint density at radius 3 is 2.59 bits per heavy atom. The number of amides is 1. The smallest absolute Gasteiger partial charge is 0.257 e. The number of rotatable bonds is 11. The van der Waals surface area contributed by atoms with E-state index in [1.54, 1.807) is 14.2 Å². The van der Waals surface area contributed by atoms with E-state index in [-0.39, 0.29) is 11.4 Å². The fourth-order valence-corrected chi connectivity index (χ4v) is 5.68. The molecule has 2 heterocycles. The van der Waals surface area contributed by atoms with E-state index in [4.69, 9.17) is 18.9 Å². The Labute approximate surface area is 184 Å². The Balaban J connectivity index is 2.14. The zero-order valence-electron chi connectivity index (χ0n) is 18.3. The van der Waals surface area contributed by atoms with Crippen molar-refractivity contribution in [3.8, 4) is 0 Å². The minimum atomic E-state index is -0.778. The first-order valence-corrected chi connectivity index (χ1v) is 12.4. The van der Waals surface area contributed by atoms with E-state index in [0.717, 1.165) is 52.7 Å². The number of carbonyl (C=O) groups is 1. The summed E-state index contributed by atoms with van der Waals surface area (Å²) in [5.41, 5.74) is -0.0572. The molecule has 1 saturated heterocycles. The summed E-state index contributed by atoms with van der Waals surface area (Å²) in [6.45, 7) is 7.87. The maximum Gasteiger partial charge on any atom is 0.257 e. The minimum Gasteiger partial charge on any atom is -0.493 e. The molecule has 7 nitrogen and oxygen atoms in total. The molecule has 0 aromatic rings. The second-order valence-corrected chi connectivity index (χ2v) is 9.88. The van der Waals surface area contributed by atoms with E-state index in [1.807, 2.05) is 6.08 Å². The molecule has 2 aliphatic heterocycles. The molecule has 0 radical (unpaired) electrons. The van der Waals surface area contributed by atoms with Crippen molar-refractivity contribution in [1.29, 1.82) is 0 Å². The molecular formula is C21H35IN2O5. The van der Waals surface area contributed by atoms with Gasteiger partial charge in [0.05, 0.1) is 17.3 Å². The first-order valence-electron chi connectivity index (χ1n) is 10.3. The van der Waals surface area contributed by atoms with Gasteiger partial charge in [-0.25, -0.2) is 0 Å². The van der Waals surface area contributed by atoms with Crippen LogP contribution in [-0.2, 0) is 23.7 Å². The summed E-state index contributed by atoms with van der Waals surface area (Å²) >= 11 is -0.778. The number of halogens is 1. The second kappa shape index (κ2) is 12.0. The summed E-state index contributed by atoms with van der Waals surface area (Å²) in [6.07, 6.45) is 5.66. The largest absolute Gasteiger partial charge is 0.493 e. The molecule has 0 aromatic carbocycles. The quantitative estimate of drug-likeness (QED) is 0.333. The lowest BCUT2D eigenvalue weighted by atomic mass is 9.88. The summed E-state index contributed by atoms with van der Waals surface area (Å²) < 4.78 is 24.0. The van der Waals surface area contributed by atoms with Crippen molar-refractivity contribution in [2.75, 3.05) is 54.2 Å². The number of unbranched alkanes of at least 4 members (excludes halogenated alkanes) is 1. The number of carbonyl (C=O) groups excluding carboxylic acids is 1. The number of allylic oxidation sites excluding steroid dienone is 1. The lowest BCUT2D eigenvalue weighted by molar-refractivity contribution is -0.117. The van der Waals surface area contributed by atoms with Crippen LogP contribution in [0.5, 0.6) is 0 Å². The summed E-state index contributed by atoms with van der Waals surface area (Å²) in [4.78, 5) is 15.3. The summed E-state index contributed by atoms with van der Waals surface area (Å²) in [5, 5.41) is 3.17. The van der Waals surface area contributed by atoms with Crippen LogP contribution in [0.15, 0.2) is 21.2 Å². The molecule has 0 atom stereocenters. The number of hydrogen-bond acceptors (Lipinski definition) is 6. The normalized spacial score (nSPS) is 19.2. The lowest BCUT2D eigenvalue weighted by Crippen LogP contribution is -2.57. The molecule has 2 rings (SSSR count). The standard InChI is InChI=1S/C21H35IN2O5/c1-6-8-11-29-18-17(26-4)14-16(22-19(18)27-5)20(25)23-15-21(24(3)7-2)9-12-28-13-10-21/h14H,6-13,15H2,1-5H3,(H,23,25). The third kappa shape index (κ3) is 6.26. The van der Waals surface area contributed by atoms with Gasteiger partial charge in [0.2, 0.25) is 0 Å². The van der Waals surface area contributed by atoms with Crippen LogP contribution in [0.2, 0.25) is 0 Å². The van der Waals surface area contributed by atoms with Crippen LogP contribution in [0.25, 0.3) is 0 Å². The van der Waals surface area contributed by atoms with E-state index in [0.29, 0.717) is 24.7 Å². The predicted molar refractivity (Wildman–Crippen MR) is 123 cm³/mol. The number of likely N-dealkylation sites (N-methyl/N-ethyl adjacent to an activating group) is 1. The predicted octanol–water partition coefficient (Wildman–Crippen LogP) is 2.92. The molecule has 1 N–H and O–H groups in total. The fraction of sp³-hybridized carbons (Fsp3) is 0.714. The van der Waals surface area contributed by atoms with Crippen LogP contribution < -0.4 is 5.32 Å². The van der Waals surface area contributed by atoms with E-state index < -0.39 is 20.7 Å². The van der Waals surface area contributed by atoms with E-state index in [9.17, 15) is 4.79 Å². The number of ether oxygens (including phenoxy) is 4. The fourth-order valence-electron chi connectivity index (χ4n) is 3.39. The van der Waals surface area contributed by atoms with Crippen molar-refractivity contribution in [3.05, 3.63) is 21.2 Å². The van der Waals surface area contributed by atoms with Gasteiger partial charge in [-0.05, 0) is 53.6 Å². The van der Waals surface area contributed by atoms with Gasteiger partial charge < -0.3 is 24.3 Å². The Morgan fingerprint density at radius 1 is 1.28 bits per heavy atom. The van der Waals surface area contributed by atoms with E-state index in [2.05, 4.69) is 31.1 Å². The number of nitrogens with one attached hydrogen (secondary N) is 1. The highest BCUT2D eigenvalue weighted by molar-refractivity contribution is 14.2. The molecule has 0 aromatic heterocycles. The number of hydrogen-bond donors (Lipinski definition) is 1.